The van der Waals surface area contributed by atoms with Crippen molar-refractivity contribution >= 4 is 17.3 Å². The van der Waals surface area contributed by atoms with Crippen LogP contribution in [0.4, 0.5) is 28.9 Å². The Kier molecular flexibility index (Phi) is 3.60. The molecule has 0 aliphatic carbocycles. The molecule has 3 nitrogen and oxygen atoms in total. The number of carbonyl (C=O) groups excluding carboxylic acids is 1. The fraction of sp³-hybridized carbons (Fsp3) is 0. The topological polar surface area (TPSA) is 55.1 Å². The van der Waals surface area contributed by atoms with Crippen LogP contribution in [0.5, 0.6) is 0 Å². The van der Waals surface area contributed by atoms with E-state index in [9.17, 15) is 22.4 Å². The molecule has 0 spiro atoms. The smallest absolute Gasteiger partial charge is 0.258 e. The van der Waals surface area contributed by atoms with Gasteiger partial charge in [-0.2, -0.15) is 0 Å². The van der Waals surface area contributed by atoms with Gasteiger partial charge in [-0.15, -0.1) is 0 Å². The number of nitrogens with two attached hydrogens (primary N) is 1. The first-order valence-electron chi connectivity index (χ1n) is 5.39. The van der Waals surface area contributed by atoms with E-state index in [1.807, 2.05) is 5.32 Å². The van der Waals surface area contributed by atoms with Crippen molar-refractivity contribution in [1.82, 2.24) is 0 Å². The summed E-state index contributed by atoms with van der Waals surface area (Å²) in [5, 5.41) is 2.03. The zero-order valence-electron chi connectivity index (χ0n) is 9.88. The van der Waals surface area contributed by atoms with Gasteiger partial charge >= 0.3 is 0 Å². The van der Waals surface area contributed by atoms with Crippen LogP contribution in [-0.2, 0) is 0 Å². The third-order valence-electron chi connectivity index (χ3n) is 2.51. The van der Waals surface area contributed by atoms with Crippen LogP contribution in [0.1, 0.15) is 10.4 Å². The summed E-state index contributed by atoms with van der Waals surface area (Å²) in [6.45, 7) is 0. The number of rotatable bonds is 2. The first-order valence-corrected chi connectivity index (χ1v) is 5.39. The van der Waals surface area contributed by atoms with Crippen molar-refractivity contribution in [2.75, 3.05) is 11.1 Å². The summed E-state index contributed by atoms with van der Waals surface area (Å²) in [6, 6.07) is 3.67. The van der Waals surface area contributed by atoms with E-state index < -0.39 is 40.4 Å². The van der Waals surface area contributed by atoms with Gasteiger partial charge in [-0.3, -0.25) is 4.79 Å². The van der Waals surface area contributed by atoms with E-state index in [4.69, 9.17) is 5.73 Å². The van der Waals surface area contributed by atoms with Crippen LogP contribution in [0.15, 0.2) is 30.3 Å². The molecule has 0 aliphatic rings. The van der Waals surface area contributed by atoms with E-state index in [1.165, 1.54) is 0 Å². The number of nitrogen functional groups attached to an aromatic ring is 1. The number of halogens is 4. The molecule has 2 aromatic rings. The van der Waals surface area contributed by atoms with E-state index in [0.717, 1.165) is 18.2 Å². The Morgan fingerprint density at radius 1 is 0.950 bits per heavy atom. The quantitative estimate of drug-likeness (QED) is 0.657. The van der Waals surface area contributed by atoms with Crippen LogP contribution < -0.4 is 11.1 Å². The van der Waals surface area contributed by atoms with Gasteiger partial charge in [0.2, 0.25) is 0 Å². The molecule has 0 fully saturated rings. The minimum absolute atomic E-state index is 0.374. The Balaban J connectivity index is 2.30. The lowest BCUT2D eigenvalue weighted by atomic mass is 10.2. The molecule has 7 heteroatoms. The molecule has 2 aromatic carbocycles. The van der Waals surface area contributed by atoms with Gasteiger partial charge in [-0.1, -0.05) is 0 Å². The lowest BCUT2D eigenvalue weighted by molar-refractivity contribution is 0.102. The van der Waals surface area contributed by atoms with Crippen LogP contribution in [0, 0.1) is 23.3 Å². The second-order valence-electron chi connectivity index (χ2n) is 3.93. The van der Waals surface area contributed by atoms with E-state index >= 15 is 0 Å². The van der Waals surface area contributed by atoms with Gasteiger partial charge in [0, 0.05) is 12.1 Å². The predicted molar refractivity (Wildman–Crippen MR) is 65.1 cm³/mol. The molecule has 0 unspecified atom stereocenters. The van der Waals surface area contributed by atoms with E-state index in [0.29, 0.717) is 12.1 Å². The molecule has 0 aliphatic heterocycles. The van der Waals surface area contributed by atoms with Crippen molar-refractivity contribution in [3.63, 3.8) is 0 Å². The van der Waals surface area contributed by atoms with Crippen molar-refractivity contribution in [3.05, 3.63) is 59.2 Å². The molecule has 0 radical (unpaired) electrons. The highest BCUT2D eigenvalue weighted by atomic mass is 19.1. The second-order valence-corrected chi connectivity index (χ2v) is 3.93. The Morgan fingerprint density at radius 3 is 2.30 bits per heavy atom. The van der Waals surface area contributed by atoms with Gasteiger partial charge in [-0.05, 0) is 18.2 Å². The fourth-order valence-electron chi connectivity index (χ4n) is 1.52. The molecule has 0 aromatic heterocycles. The largest absolute Gasteiger partial charge is 0.396 e. The monoisotopic (exact) mass is 284 g/mol. The SMILES string of the molecule is Nc1cc(NC(=O)c2ccc(F)cc2F)c(F)cc1F. The molecule has 3 N–H and O–H groups in total. The highest BCUT2D eigenvalue weighted by molar-refractivity contribution is 6.04. The van der Waals surface area contributed by atoms with E-state index in [1.54, 1.807) is 0 Å². The number of amides is 1. The third kappa shape index (κ3) is 2.71. The Hall–Kier alpha value is -2.57. The summed E-state index contributed by atoms with van der Waals surface area (Å²) in [7, 11) is 0. The van der Waals surface area contributed by atoms with Crippen LogP contribution in [0.2, 0.25) is 0 Å². The van der Waals surface area contributed by atoms with Gasteiger partial charge in [0.05, 0.1) is 16.9 Å². The number of hydrogen-bond donors (Lipinski definition) is 2. The summed E-state index contributed by atoms with van der Waals surface area (Å²) in [5.41, 5.74) is 3.98. The zero-order valence-corrected chi connectivity index (χ0v) is 9.88. The van der Waals surface area contributed by atoms with E-state index in [2.05, 4.69) is 0 Å². The molecule has 0 saturated heterocycles. The van der Waals surface area contributed by atoms with Gasteiger partial charge in [-0.25, -0.2) is 17.6 Å². The van der Waals surface area contributed by atoms with Gasteiger partial charge in [0.15, 0.2) is 0 Å². The first-order chi connectivity index (χ1) is 9.38. The molecule has 1 amide bonds. The highest BCUT2D eigenvalue weighted by Gasteiger charge is 2.15. The van der Waals surface area contributed by atoms with Crippen molar-refractivity contribution in [2.45, 2.75) is 0 Å². The number of anilines is 2. The lowest BCUT2D eigenvalue weighted by Gasteiger charge is -2.08. The molecule has 0 atom stereocenters. The maximum absolute atomic E-state index is 13.4. The van der Waals surface area contributed by atoms with Crippen LogP contribution in [0.25, 0.3) is 0 Å². The van der Waals surface area contributed by atoms with E-state index in [-0.39, 0.29) is 5.69 Å². The lowest BCUT2D eigenvalue weighted by Crippen LogP contribution is -2.15. The van der Waals surface area contributed by atoms with Gasteiger partial charge in [0.1, 0.15) is 23.3 Å². The zero-order chi connectivity index (χ0) is 14.9. The molecular weight excluding hydrogens is 276 g/mol. The van der Waals surface area contributed by atoms with Gasteiger partial charge in [0.25, 0.3) is 5.91 Å². The van der Waals surface area contributed by atoms with Crippen molar-refractivity contribution < 1.29 is 22.4 Å². The summed E-state index contributed by atoms with van der Waals surface area (Å²) < 4.78 is 52.4. The molecule has 0 bridgehead atoms. The minimum atomic E-state index is -1.10. The third-order valence-corrected chi connectivity index (χ3v) is 2.51. The Morgan fingerprint density at radius 2 is 1.65 bits per heavy atom. The molecule has 20 heavy (non-hydrogen) atoms. The molecule has 104 valence electrons. The molecule has 2 rings (SSSR count). The first kappa shape index (κ1) is 13.9. The summed E-state index contributed by atoms with van der Waals surface area (Å²) in [4.78, 5) is 11.7. The molecular formula is C13H8F4N2O. The normalized spacial score (nSPS) is 10.4. The standard InChI is InChI=1S/C13H8F4N2O/c14-6-1-2-7(8(15)3-6)13(20)19-12-5-11(18)9(16)4-10(12)17/h1-5H,18H2,(H,19,20). The average molecular weight is 284 g/mol. The highest BCUT2D eigenvalue weighted by Crippen LogP contribution is 2.22. The number of carbonyl (C=O) groups is 1. The number of hydrogen-bond acceptors (Lipinski definition) is 2. The summed E-state index contributed by atoms with van der Waals surface area (Å²) in [5.74, 6) is -5.00. The van der Waals surface area contributed by atoms with Gasteiger partial charge < -0.3 is 11.1 Å². The van der Waals surface area contributed by atoms with Crippen LogP contribution >= 0.6 is 0 Å². The van der Waals surface area contributed by atoms with Crippen molar-refractivity contribution in [1.29, 1.82) is 0 Å². The molecule has 0 saturated carbocycles. The Bertz CT molecular complexity index is 688. The maximum Gasteiger partial charge on any atom is 0.258 e. The number of benzene rings is 2. The summed E-state index contributed by atoms with van der Waals surface area (Å²) in [6.07, 6.45) is 0. The Labute approximate surface area is 111 Å². The minimum Gasteiger partial charge on any atom is -0.396 e. The molecule has 0 heterocycles. The predicted octanol–water partition coefficient (Wildman–Crippen LogP) is 3.08. The van der Waals surface area contributed by atoms with Crippen molar-refractivity contribution in [2.24, 2.45) is 0 Å². The van der Waals surface area contributed by atoms with Crippen molar-refractivity contribution in [3.8, 4) is 0 Å². The second kappa shape index (κ2) is 5.20. The number of nitrogens with one attached hydrogen (secondary N) is 1. The summed E-state index contributed by atoms with van der Waals surface area (Å²) >= 11 is 0. The fourth-order valence-corrected chi connectivity index (χ4v) is 1.52. The van der Waals surface area contributed by atoms with Crippen LogP contribution in [0.3, 0.4) is 0 Å². The average Bonchev–Trinajstić information content (AvgIpc) is 2.35. The van der Waals surface area contributed by atoms with Crippen LogP contribution in [-0.4, -0.2) is 5.91 Å². The maximum atomic E-state index is 13.4.